The normalized spacial score (nSPS) is 18.7. The maximum atomic E-state index is 13.6. The van der Waals surface area contributed by atoms with Crippen molar-refractivity contribution in [3.8, 4) is 6.07 Å². The largest absolute Gasteiger partial charge is 0.384 e. The van der Waals surface area contributed by atoms with Crippen molar-refractivity contribution in [2.75, 3.05) is 16.0 Å². The van der Waals surface area contributed by atoms with Crippen LogP contribution in [0.5, 0.6) is 0 Å². The average Bonchev–Trinajstić information content (AvgIpc) is 3.54. The first-order valence-corrected chi connectivity index (χ1v) is 14.3. The van der Waals surface area contributed by atoms with Gasteiger partial charge < -0.3 is 15.6 Å². The van der Waals surface area contributed by atoms with Crippen molar-refractivity contribution in [2.45, 2.75) is 38.0 Å². The number of hydrogen-bond acceptors (Lipinski definition) is 11. The number of nitrogens with two attached hydrogens (primary N) is 1. The van der Waals surface area contributed by atoms with E-state index in [-0.39, 0.29) is 34.3 Å². The third-order valence-corrected chi connectivity index (χ3v) is 8.56. The quantitative estimate of drug-likeness (QED) is 0.367. The van der Waals surface area contributed by atoms with Gasteiger partial charge in [0.25, 0.3) is 0 Å². The summed E-state index contributed by atoms with van der Waals surface area (Å²) in [6.45, 7) is 5.82. The van der Waals surface area contributed by atoms with Crippen LogP contribution in [0.1, 0.15) is 38.0 Å². The summed E-state index contributed by atoms with van der Waals surface area (Å²) in [5, 5.41) is 25.6. The Morgan fingerprint density at radius 1 is 1.32 bits per heavy atom. The highest BCUT2D eigenvalue weighted by Gasteiger charge is 2.44. The van der Waals surface area contributed by atoms with Crippen LogP contribution in [0.25, 0.3) is 6.08 Å². The summed E-state index contributed by atoms with van der Waals surface area (Å²) in [6, 6.07) is 13.6. The Labute approximate surface area is 239 Å². The third kappa shape index (κ3) is 5.71. The first kappa shape index (κ1) is 27.4. The minimum Gasteiger partial charge on any atom is -0.384 e. The summed E-state index contributed by atoms with van der Waals surface area (Å²) < 4.78 is 5.51. The summed E-state index contributed by atoms with van der Waals surface area (Å²) >= 11 is 2.46. The standard InChI is InChI=1S/C28H27N7O3S2/c1-16-11-22(34-38-16)31-23(37)15-39-27-33-32-26(40-27)35-20-12-28(2,3)13-21(36)24(20)18(19(14-29)25(35)30)10-9-17-7-5-4-6-8-17/h4-11,18H,12-13,15,30H2,1-3H3,(H,31,34,37)/b10-9+. The van der Waals surface area contributed by atoms with Gasteiger partial charge in [-0.25, -0.2) is 0 Å². The molecule has 2 aromatic heterocycles. The van der Waals surface area contributed by atoms with E-state index in [1.165, 1.54) is 23.1 Å². The molecule has 0 saturated heterocycles. The second-order valence-corrected chi connectivity index (χ2v) is 12.5. The highest BCUT2D eigenvalue weighted by atomic mass is 32.2. The summed E-state index contributed by atoms with van der Waals surface area (Å²) in [5.74, 6) is 0.399. The lowest BCUT2D eigenvalue weighted by atomic mass is 9.70. The molecule has 1 aliphatic carbocycles. The lowest BCUT2D eigenvalue weighted by Gasteiger charge is -2.41. The van der Waals surface area contributed by atoms with Gasteiger partial charge in [-0.1, -0.05) is 84.6 Å². The molecule has 12 heteroatoms. The van der Waals surface area contributed by atoms with Crippen LogP contribution in [0.15, 0.2) is 74.0 Å². The van der Waals surface area contributed by atoms with Gasteiger partial charge in [-0.2, -0.15) is 5.26 Å². The molecule has 10 nitrogen and oxygen atoms in total. The van der Waals surface area contributed by atoms with Gasteiger partial charge in [-0.05, 0) is 24.3 Å². The lowest BCUT2D eigenvalue weighted by molar-refractivity contribution is -0.118. The number of benzene rings is 1. The van der Waals surface area contributed by atoms with Crippen LogP contribution in [0, 0.1) is 29.6 Å². The number of hydrogen-bond donors (Lipinski definition) is 2. The van der Waals surface area contributed by atoms with E-state index < -0.39 is 5.92 Å². The summed E-state index contributed by atoms with van der Waals surface area (Å²) in [4.78, 5) is 27.6. The van der Waals surface area contributed by atoms with Crippen molar-refractivity contribution in [3.05, 3.63) is 76.5 Å². The van der Waals surface area contributed by atoms with Gasteiger partial charge in [0.05, 0.1) is 17.4 Å². The van der Waals surface area contributed by atoms with Crippen LogP contribution in [-0.4, -0.2) is 32.8 Å². The van der Waals surface area contributed by atoms with Crippen molar-refractivity contribution >= 4 is 51.8 Å². The second kappa shape index (κ2) is 11.1. The van der Waals surface area contributed by atoms with Gasteiger partial charge in [0, 0.05) is 29.7 Å². The molecular formula is C28H27N7O3S2. The maximum absolute atomic E-state index is 13.6. The molecule has 0 radical (unpaired) electrons. The number of nitriles is 1. The van der Waals surface area contributed by atoms with E-state index in [2.05, 4.69) is 26.7 Å². The van der Waals surface area contributed by atoms with Crippen LogP contribution in [0.4, 0.5) is 10.9 Å². The number of ketones is 1. The number of rotatable bonds is 7. The molecule has 204 valence electrons. The van der Waals surface area contributed by atoms with E-state index >= 15 is 0 Å². The van der Waals surface area contributed by atoms with Crippen molar-refractivity contribution in [3.63, 3.8) is 0 Å². The number of thioether (sulfide) groups is 1. The molecule has 1 amide bonds. The topological polar surface area (TPSA) is 151 Å². The van der Waals surface area contributed by atoms with E-state index in [1.54, 1.807) is 17.9 Å². The Kier molecular flexibility index (Phi) is 7.60. The van der Waals surface area contributed by atoms with Crippen molar-refractivity contribution < 1.29 is 14.1 Å². The Bertz CT molecular complexity index is 1590. The summed E-state index contributed by atoms with van der Waals surface area (Å²) in [6.07, 6.45) is 4.73. The fourth-order valence-electron chi connectivity index (χ4n) is 4.82. The number of anilines is 2. The first-order valence-electron chi connectivity index (χ1n) is 12.5. The zero-order chi connectivity index (χ0) is 28.4. The molecule has 5 rings (SSSR count). The van der Waals surface area contributed by atoms with Crippen molar-refractivity contribution in [2.24, 2.45) is 17.1 Å². The number of aromatic nitrogens is 3. The van der Waals surface area contributed by atoms with Crippen LogP contribution < -0.4 is 16.0 Å². The van der Waals surface area contributed by atoms with Gasteiger partial charge >= 0.3 is 0 Å². The fraction of sp³-hybridized carbons (Fsp3) is 0.286. The monoisotopic (exact) mass is 573 g/mol. The molecule has 0 fully saturated rings. The second-order valence-electron chi connectivity index (χ2n) is 10.3. The molecule has 40 heavy (non-hydrogen) atoms. The highest BCUT2D eigenvalue weighted by molar-refractivity contribution is 8.01. The maximum Gasteiger partial charge on any atom is 0.236 e. The number of amides is 1. The smallest absolute Gasteiger partial charge is 0.236 e. The number of carbonyl (C=O) groups is 2. The minimum absolute atomic E-state index is 0.0157. The Hall–Kier alpha value is -4.21. The lowest BCUT2D eigenvalue weighted by Crippen LogP contribution is -2.42. The molecular weight excluding hydrogens is 546 g/mol. The summed E-state index contributed by atoms with van der Waals surface area (Å²) in [5.41, 5.74) is 8.87. The van der Waals surface area contributed by atoms with Gasteiger partial charge in [0.2, 0.25) is 11.0 Å². The van der Waals surface area contributed by atoms with E-state index in [9.17, 15) is 14.9 Å². The van der Waals surface area contributed by atoms with Crippen LogP contribution in [-0.2, 0) is 9.59 Å². The molecule has 1 unspecified atom stereocenters. The molecule has 3 heterocycles. The molecule has 1 atom stereocenters. The zero-order valence-electron chi connectivity index (χ0n) is 22.2. The van der Waals surface area contributed by atoms with Gasteiger partial charge in [-0.15, -0.1) is 10.2 Å². The van der Waals surface area contributed by atoms with Crippen molar-refractivity contribution in [1.29, 1.82) is 5.26 Å². The van der Waals surface area contributed by atoms with Crippen molar-refractivity contribution in [1.82, 2.24) is 15.4 Å². The van der Waals surface area contributed by atoms with Crippen LogP contribution >= 0.6 is 23.1 Å². The predicted octanol–water partition coefficient (Wildman–Crippen LogP) is 5.05. The third-order valence-electron chi connectivity index (χ3n) is 6.52. The SMILES string of the molecule is Cc1cc(NC(=O)CSc2nnc(N3C(N)=C(C#N)C(/C=C/c4ccccc4)C4=C3CC(C)(C)CC4=O)s2)no1. The Morgan fingerprint density at radius 3 is 2.80 bits per heavy atom. The molecule has 1 aliphatic heterocycles. The minimum atomic E-state index is -0.564. The van der Waals surface area contributed by atoms with Gasteiger partial charge in [0.1, 0.15) is 11.6 Å². The molecule has 1 aromatic carbocycles. The Balaban J connectivity index is 1.45. The fourth-order valence-corrected chi connectivity index (χ4v) is 6.50. The van der Waals surface area contributed by atoms with Gasteiger partial charge in [-0.3, -0.25) is 14.5 Å². The molecule has 0 spiro atoms. The number of allylic oxidation sites excluding steroid dienone is 4. The molecule has 0 saturated carbocycles. The average molecular weight is 574 g/mol. The number of carbonyl (C=O) groups excluding carboxylic acids is 2. The molecule has 3 N–H and O–H groups in total. The number of aryl methyl sites for hydroxylation is 1. The first-order chi connectivity index (χ1) is 19.1. The van der Waals surface area contributed by atoms with E-state index in [0.29, 0.717) is 39.5 Å². The molecule has 3 aromatic rings. The predicted molar refractivity (Wildman–Crippen MR) is 154 cm³/mol. The van der Waals surface area contributed by atoms with E-state index in [4.69, 9.17) is 10.3 Å². The number of nitrogens with zero attached hydrogens (tertiary/aromatic N) is 5. The van der Waals surface area contributed by atoms with Crippen LogP contribution in [0.2, 0.25) is 0 Å². The molecule has 2 aliphatic rings. The van der Waals surface area contributed by atoms with Crippen LogP contribution in [0.3, 0.4) is 0 Å². The van der Waals surface area contributed by atoms with Gasteiger partial charge in [0.15, 0.2) is 15.9 Å². The molecule has 0 bridgehead atoms. The van der Waals surface area contributed by atoms with E-state index in [1.807, 2.05) is 56.3 Å². The number of nitrogens with one attached hydrogen (secondary N) is 1. The summed E-state index contributed by atoms with van der Waals surface area (Å²) in [7, 11) is 0. The highest BCUT2D eigenvalue weighted by Crippen LogP contribution is 2.48. The zero-order valence-corrected chi connectivity index (χ0v) is 23.8. The number of Topliss-reactive ketones (excluding diaryl/α,β-unsaturated/α-hetero) is 1. The Morgan fingerprint density at radius 2 is 2.10 bits per heavy atom. The van der Waals surface area contributed by atoms with E-state index in [0.717, 1.165) is 11.3 Å².